The molecule has 2 aliphatic rings. The summed E-state index contributed by atoms with van der Waals surface area (Å²) in [7, 11) is 0.763. The predicted molar refractivity (Wildman–Crippen MR) is 123 cm³/mol. The number of aryl methyl sites for hydroxylation is 1. The van der Waals surface area contributed by atoms with Crippen LogP contribution in [0.2, 0.25) is 5.15 Å². The zero-order valence-corrected chi connectivity index (χ0v) is 19.7. The molecule has 0 unspecified atom stereocenters. The zero-order chi connectivity index (χ0) is 23.3. The van der Waals surface area contributed by atoms with Crippen LogP contribution in [0.3, 0.4) is 0 Å². The number of hydrogen-bond donors (Lipinski definition) is 2. The molecule has 2 fully saturated rings. The molecule has 11 nitrogen and oxygen atoms in total. The Morgan fingerprint density at radius 1 is 1.21 bits per heavy atom. The second-order valence-electron chi connectivity index (χ2n) is 8.21. The summed E-state index contributed by atoms with van der Waals surface area (Å²) in [5, 5.41) is 15.1. The van der Waals surface area contributed by atoms with Crippen molar-refractivity contribution >= 4 is 41.6 Å². The molecule has 33 heavy (non-hydrogen) atoms. The molecule has 0 radical (unpaired) electrons. The average Bonchev–Trinajstić information content (AvgIpc) is 3.69. The first-order valence-electron chi connectivity index (χ1n) is 10.5. The third-order valence-electron chi connectivity index (χ3n) is 5.89. The number of carbonyl (C=O) groups excluding carboxylic acids is 1. The Morgan fingerprint density at radius 3 is 2.52 bits per heavy atom. The Morgan fingerprint density at radius 2 is 1.91 bits per heavy atom. The molecule has 0 saturated heterocycles. The van der Waals surface area contributed by atoms with Crippen molar-refractivity contribution in [1.29, 1.82) is 0 Å². The van der Waals surface area contributed by atoms with Crippen LogP contribution in [0.1, 0.15) is 36.2 Å². The van der Waals surface area contributed by atoms with Gasteiger partial charge in [-0.3, -0.25) is 9.48 Å². The third kappa shape index (κ3) is 3.85. The molecule has 0 atom stereocenters. The molecule has 3 aromatic heterocycles. The van der Waals surface area contributed by atoms with Crippen LogP contribution >= 0.6 is 18.7 Å². The van der Waals surface area contributed by atoms with Gasteiger partial charge in [0.2, 0.25) is 0 Å². The second-order valence-corrected chi connectivity index (χ2v) is 11.9. The van der Waals surface area contributed by atoms with Crippen LogP contribution in [-0.2, 0) is 11.6 Å². The number of hydrogen-bond acceptors (Lipinski definition) is 9. The summed E-state index contributed by atoms with van der Waals surface area (Å²) < 4.78 is 21.3. The highest BCUT2D eigenvalue weighted by atomic mass is 35.5. The van der Waals surface area contributed by atoms with Crippen molar-refractivity contribution in [3.05, 3.63) is 29.3 Å². The largest absolute Gasteiger partial charge is 0.491 e. The molecule has 172 valence electrons. The minimum absolute atomic E-state index is 0.0704. The van der Waals surface area contributed by atoms with Gasteiger partial charge in [-0.25, -0.2) is 9.97 Å². The van der Waals surface area contributed by atoms with Gasteiger partial charge in [-0.1, -0.05) is 11.6 Å². The van der Waals surface area contributed by atoms with Crippen molar-refractivity contribution < 1.29 is 14.1 Å². The molecule has 2 saturated carbocycles. The molecule has 3 aromatic rings. The number of methoxy groups -OCH3 is 1. The van der Waals surface area contributed by atoms with Gasteiger partial charge in [0.15, 0.2) is 22.4 Å². The van der Waals surface area contributed by atoms with Crippen molar-refractivity contribution in [1.82, 2.24) is 29.9 Å². The lowest BCUT2D eigenvalue weighted by Crippen LogP contribution is -2.20. The molecular formula is C20H22ClN8O3P. The van der Waals surface area contributed by atoms with Gasteiger partial charge >= 0.3 is 0 Å². The lowest BCUT2D eigenvalue weighted by Gasteiger charge is -2.17. The Labute approximate surface area is 194 Å². The maximum absolute atomic E-state index is 14.0. The van der Waals surface area contributed by atoms with Crippen molar-refractivity contribution in [2.45, 2.75) is 37.0 Å². The second kappa shape index (κ2) is 8.07. The maximum atomic E-state index is 14.0. The van der Waals surface area contributed by atoms with Crippen molar-refractivity contribution in [2.24, 2.45) is 12.8 Å². The number of ether oxygens (including phenoxy) is 1. The SMILES string of the molecule is COc1c(Nc2cc(Cl)nnc2C(N)=O)ncnc1-c1cc(P(=O)(C2CC2)C2CC2)n(C)n1. The number of amides is 1. The first-order valence-corrected chi connectivity index (χ1v) is 12.7. The van der Waals surface area contributed by atoms with Crippen LogP contribution < -0.4 is 21.2 Å². The smallest absolute Gasteiger partial charge is 0.271 e. The molecule has 3 N–H and O–H groups in total. The van der Waals surface area contributed by atoms with Gasteiger partial charge in [-0.05, 0) is 31.7 Å². The van der Waals surface area contributed by atoms with Gasteiger partial charge in [0.1, 0.15) is 24.9 Å². The summed E-state index contributed by atoms with van der Waals surface area (Å²) in [6.45, 7) is 0. The molecule has 0 bridgehead atoms. The number of nitrogens with two attached hydrogens (primary N) is 1. The van der Waals surface area contributed by atoms with Gasteiger partial charge in [0.05, 0.1) is 18.2 Å². The Hall–Kier alpha value is -3.04. The van der Waals surface area contributed by atoms with E-state index >= 15 is 0 Å². The van der Waals surface area contributed by atoms with Crippen molar-refractivity contribution in [3.8, 4) is 17.1 Å². The highest BCUT2D eigenvalue weighted by Crippen LogP contribution is 2.69. The molecule has 0 spiro atoms. The summed E-state index contributed by atoms with van der Waals surface area (Å²) >= 11 is 5.94. The van der Waals surface area contributed by atoms with Crippen LogP contribution in [0.25, 0.3) is 11.4 Å². The quantitative estimate of drug-likeness (QED) is 0.455. The van der Waals surface area contributed by atoms with Gasteiger partial charge < -0.3 is 20.4 Å². The van der Waals surface area contributed by atoms with E-state index in [9.17, 15) is 9.36 Å². The first kappa shape index (κ1) is 21.8. The number of nitrogens with zero attached hydrogens (tertiary/aromatic N) is 6. The summed E-state index contributed by atoms with van der Waals surface area (Å²) in [6, 6.07) is 3.27. The third-order valence-corrected chi connectivity index (χ3v) is 10.4. The fraction of sp³-hybridized carbons (Fsp3) is 0.400. The van der Waals surface area contributed by atoms with E-state index in [1.165, 1.54) is 19.5 Å². The highest BCUT2D eigenvalue weighted by molar-refractivity contribution is 7.73. The lowest BCUT2D eigenvalue weighted by atomic mass is 10.2. The standard InChI is InChI=1S/C20H22ClN8O3P/c1-29-15(33(31,10-3-4-10)11-5-6-11)8-13(28-29)16-18(32-2)20(24-9-23-16)25-12-7-14(21)26-27-17(12)19(22)30/h7-11H,3-6H2,1-2H3,(H2,22,30)(H,23,24,25,26). The fourth-order valence-electron chi connectivity index (χ4n) is 4.10. The molecule has 0 aliphatic heterocycles. The van der Waals surface area contributed by atoms with Gasteiger partial charge in [-0.2, -0.15) is 5.10 Å². The van der Waals surface area contributed by atoms with E-state index < -0.39 is 13.0 Å². The van der Waals surface area contributed by atoms with Crippen LogP contribution in [0.15, 0.2) is 18.5 Å². The van der Waals surface area contributed by atoms with E-state index in [0.29, 0.717) is 11.4 Å². The minimum atomic E-state index is -2.52. The molecule has 13 heteroatoms. The number of aromatic nitrogens is 6. The molecule has 3 heterocycles. The number of nitrogens with one attached hydrogen (secondary N) is 1. The van der Waals surface area contributed by atoms with Gasteiger partial charge in [0, 0.05) is 24.4 Å². The number of primary amides is 1. The summed E-state index contributed by atoms with van der Waals surface area (Å²) in [6.07, 6.45) is 5.36. The van der Waals surface area contributed by atoms with E-state index in [2.05, 4.69) is 30.6 Å². The van der Waals surface area contributed by atoms with E-state index in [0.717, 1.165) is 31.1 Å². The topological polar surface area (TPSA) is 151 Å². The number of anilines is 2. The molecule has 0 aromatic carbocycles. The Bertz CT molecular complexity index is 1290. The van der Waals surface area contributed by atoms with Crippen LogP contribution in [0.4, 0.5) is 11.5 Å². The first-order chi connectivity index (χ1) is 15.8. The fourth-order valence-corrected chi connectivity index (χ4v) is 8.25. The normalized spacial score (nSPS) is 16.0. The molecule has 1 amide bonds. The number of carbonyl (C=O) groups is 1. The summed E-state index contributed by atoms with van der Waals surface area (Å²) in [5.41, 5.74) is 7.76. The van der Waals surface area contributed by atoms with Crippen molar-refractivity contribution in [2.75, 3.05) is 12.4 Å². The summed E-state index contributed by atoms with van der Waals surface area (Å²) in [4.78, 5) is 20.4. The van der Waals surface area contributed by atoms with E-state index in [4.69, 9.17) is 22.1 Å². The Kier molecular flexibility index (Phi) is 5.33. The van der Waals surface area contributed by atoms with Gasteiger partial charge in [-0.15, -0.1) is 10.2 Å². The molecule has 2 aliphatic carbocycles. The highest BCUT2D eigenvalue weighted by Gasteiger charge is 2.53. The monoisotopic (exact) mass is 488 g/mol. The van der Waals surface area contributed by atoms with E-state index in [1.807, 2.05) is 13.1 Å². The van der Waals surface area contributed by atoms with Crippen LogP contribution in [0.5, 0.6) is 5.75 Å². The number of rotatable bonds is 8. The molecule has 5 rings (SSSR count). The predicted octanol–water partition coefficient (Wildman–Crippen LogP) is 2.48. The summed E-state index contributed by atoms with van der Waals surface area (Å²) in [5.74, 6) is -0.229. The average molecular weight is 489 g/mol. The van der Waals surface area contributed by atoms with Crippen LogP contribution in [0, 0.1) is 0 Å². The maximum Gasteiger partial charge on any atom is 0.271 e. The van der Waals surface area contributed by atoms with E-state index in [1.54, 1.807) is 4.68 Å². The van der Waals surface area contributed by atoms with Gasteiger partial charge in [0.25, 0.3) is 5.91 Å². The van der Waals surface area contributed by atoms with Crippen molar-refractivity contribution in [3.63, 3.8) is 0 Å². The van der Waals surface area contributed by atoms with Crippen LogP contribution in [-0.4, -0.2) is 54.3 Å². The van der Waals surface area contributed by atoms with E-state index in [-0.39, 0.29) is 39.4 Å². The minimum Gasteiger partial charge on any atom is -0.491 e. The number of halogens is 1. The lowest BCUT2D eigenvalue weighted by molar-refractivity contribution is 0.0995. The zero-order valence-electron chi connectivity index (χ0n) is 18.0. The molecular weight excluding hydrogens is 467 g/mol. The Balaban J connectivity index is 1.56.